The summed E-state index contributed by atoms with van der Waals surface area (Å²) >= 11 is 2.81. The molecule has 0 aliphatic carbocycles. The van der Waals surface area contributed by atoms with Gasteiger partial charge in [-0.25, -0.2) is 14.6 Å². The molecule has 0 unspecified atom stereocenters. The molecule has 51 heavy (non-hydrogen) atoms. The molecular formula is C35H36N6O8S2. The molecule has 0 saturated carbocycles. The van der Waals surface area contributed by atoms with Crippen LogP contribution in [-0.2, 0) is 44.5 Å². The minimum Gasteiger partial charge on any atom is -0.465 e. The highest BCUT2D eigenvalue weighted by atomic mass is 32.1. The van der Waals surface area contributed by atoms with E-state index in [9.17, 15) is 19.2 Å². The number of anilines is 1. The first kappa shape index (κ1) is 38.2. The standard InChI is InChI=1S/C35H36N6O8S2/c1-4-30(42)47-20-18-41(6-3)27-13-11-26(12-14-27)38-40-35-36-34-28(50-35)23-29(51-34)39-37-25-9-7-24(8-10-25)17-19-46-32(44)15-16-33(45)49-22-21-48-31(43)5-2/h4-5,7-14,23H,1-2,6,15-22H2,3H3. The van der Waals surface area contributed by atoms with E-state index >= 15 is 0 Å². The van der Waals surface area contributed by atoms with Gasteiger partial charge in [0.05, 0.1) is 42.1 Å². The van der Waals surface area contributed by atoms with Crippen molar-refractivity contribution in [3.8, 4) is 0 Å². The molecule has 0 fully saturated rings. The van der Waals surface area contributed by atoms with Crippen LogP contribution < -0.4 is 4.90 Å². The second-order valence-electron chi connectivity index (χ2n) is 10.3. The number of aromatic nitrogens is 1. The molecule has 266 valence electrons. The number of carbonyl (C=O) groups excluding carboxylic acids is 4. The van der Waals surface area contributed by atoms with Gasteiger partial charge in [0.1, 0.15) is 29.7 Å². The lowest BCUT2D eigenvalue weighted by atomic mass is 10.1. The zero-order chi connectivity index (χ0) is 36.4. The molecule has 0 atom stereocenters. The minimum absolute atomic E-state index is 0.0832. The molecule has 0 spiro atoms. The van der Waals surface area contributed by atoms with Gasteiger partial charge in [-0.1, -0.05) is 48.0 Å². The number of nitrogens with zero attached hydrogens (tertiary/aromatic N) is 6. The van der Waals surface area contributed by atoms with Crippen molar-refractivity contribution in [2.24, 2.45) is 20.5 Å². The summed E-state index contributed by atoms with van der Waals surface area (Å²) in [5, 5.41) is 18.5. The number of azo groups is 2. The van der Waals surface area contributed by atoms with Crippen LogP contribution in [0.25, 0.3) is 9.53 Å². The van der Waals surface area contributed by atoms with E-state index in [4.69, 9.17) is 18.9 Å². The van der Waals surface area contributed by atoms with Crippen molar-refractivity contribution in [1.29, 1.82) is 0 Å². The summed E-state index contributed by atoms with van der Waals surface area (Å²) < 4.78 is 20.8. The summed E-state index contributed by atoms with van der Waals surface area (Å²) in [6.07, 6.45) is 2.41. The molecule has 0 radical (unpaired) electrons. The maximum absolute atomic E-state index is 11.9. The van der Waals surface area contributed by atoms with Crippen molar-refractivity contribution in [3.05, 3.63) is 85.5 Å². The van der Waals surface area contributed by atoms with E-state index in [1.54, 1.807) is 0 Å². The Labute approximate surface area is 302 Å². The zero-order valence-electron chi connectivity index (χ0n) is 27.9. The quantitative estimate of drug-likeness (QED) is 0.0286. The fourth-order valence-corrected chi connectivity index (χ4v) is 6.09. The number of fused-ring (bicyclic) bond motifs is 1. The molecular weight excluding hydrogens is 697 g/mol. The molecule has 2 heterocycles. The number of likely N-dealkylation sites (N-methyl/N-ethyl adjacent to an activating group) is 1. The van der Waals surface area contributed by atoms with Crippen LogP contribution in [0.15, 0.2) is 100 Å². The number of ether oxygens (including phenoxy) is 4. The van der Waals surface area contributed by atoms with Crippen LogP contribution in [-0.4, -0.2) is 68.4 Å². The smallest absolute Gasteiger partial charge is 0.330 e. The monoisotopic (exact) mass is 732 g/mol. The number of hydrogen-bond acceptors (Lipinski definition) is 16. The van der Waals surface area contributed by atoms with Crippen LogP contribution >= 0.6 is 22.7 Å². The lowest BCUT2D eigenvalue weighted by molar-refractivity contribution is -0.152. The van der Waals surface area contributed by atoms with E-state index < -0.39 is 23.9 Å². The zero-order valence-corrected chi connectivity index (χ0v) is 29.5. The van der Waals surface area contributed by atoms with Crippen molar-refractivity contribution < 1.29 is 38.1 Å². The highest BCUT2D eigenvalue weighted by molar-refractivity contribution is 7.30. The minimum atomic E-state index is -0.606. The molecule has 14 nitrogen and oxygen atoms in total. The number of thiazole rings is 1. The van der Waals surface area contributed by atoms with Gasteiger partial charge in [0.15, 0.2) is 0 Å². The highest BCUT2D eigenvalue weighted by Crippen LogP contribution is 2.39. The van der Waals surface area contributed by atoms with Gasteiger partial charge in [-0.2, -0.15) is 0 Å². The van der Waals surface area contributed by atoms with Gasteiger partial charge in [-0.3, -0.25) is 9.59 Å². The van der Waals surface area contributed by atoms with Gasteiger partial charge in [-0.15, -0.1) is 20.5 Å². The Morgan fingerprint density at radius 3 is 1.96 bits per heavy atom. The Morgan fingerprint density at radius 2 is 1.33 bits per heavy atom. The van der Waals surface area contributed by atoms with E-state index in [2.05, 4.69) is 43.5 Å². The first-order chi connectivity index (χ1) is 24.8. The Hall–Kier alpha value is -5.61. The van der Waals surface area contributed by atoms with E-state index in [-0.39, 0.29) is 39.3 Å². The predicted octanol–water partition coefficient (Wildman–Crippen LogP) is 7.88. The van der Waals surface area contributed by atoms with Crippen LogP contribution in [0.3, 0.4) is 0 Å². The van der Waals surface area contributed by atoms with Gasteiger partial charge in [0.25, 0.3) is 0 Å². The van der Waals surface area contributed by atoms with Crippen LogP contribution in [0.5, 0.6) is 0 Å². The van der Waals surface area contributed by atoms with Crippen LogP contribution in [0.4, 0.5) is 27.2 Å². The van der Waals surface area contributed by atoms with Crippen LogP contribution in [0.1, 0.15) is 25.3 Å². The van der Waals surface area contributed by atoms with Crippen molar-refractivity contribution in [2.45, 2.75) is 26.2 Å². The number of rotatable bonds is 20. The Kier molecular flexibility index (Phi) is 15.1. The molecule has 0 aliphatic rings. The molecule has 2 aromatic heterocycles. The van der Waals surface area contributed by atoms with Crippen molar-refractivity contribution >= 4 is 83.3 Å². The van der Waals surface area contributed by atoms with Gasteiger partial charge >= 0.3 is 23.9 Å². The molecule has 0 bridgehead atoms. The molecule has 0 N–H and O–H groups in total. The van der Waals surface area contributed by atoms with Crippen molar-refractivity contribution in [1.82, 2.24) is 4.98 Å². The third kappa shape index (κ3) is 13.0. The normalized spacial score (nSPS) is 11.1. The number of carbonyl (C=O) groups is 4. The van der Waals surface area contributed by atoms with Gasteiger partial charge in [0, 0.05) is 30.8 Å². The molecule has 0 aliphatic heterocycles. The first-order valence-electron chi connectivity index (χ1n) is 15.8. The topological polar surface area (TPSA) is 171 Å². The number of thiophene rings is 1. The fraction of sp³-hybridized carbons (Fsp3) is 0.286. The summed E-state index contributed by atoms with van der Waals surface area (Å²) in [5.41, 5.74) is 3.28. The Morgan fingerprint density at radius 1 is 0.745 bits per heavy atom. The summed E-state index contributed by atoms with van der Waals surface area (Å²) in [6.45, 7) is 10.3. The number of benzene rings is 2. The average Bonchev–Trinajstić information content (AvgIpc) is 3.72. The number of esters is 4. The van der Waals surface area contributed by atoms with E-state index in [0.29, 0.717) is 34.5 Å². The molecule has 16 heteroatoms. The summed E-state index contributed by atoms with van der Waals surface area (Å²) in [4.78, 5) is 53.3. The third-order valence-electron chi connectivity index (χ3n) is 6.83. The van der Waals surface area contributed by atoms with Gasteiger partial charge in [-0.05, 0) is 55.0 Å². The average molecular weight is 733 g/mol. The maximum atomic E-state index is 11.9. The van der Waals surface area contributed by atoms with Gasteiger partial charge < -0.3 is 23.8 Å². The molecule has 4 aromatic rings. The SMILES string of the molecule is C=CC(=O)OCCOC(=O)CCC(=O)OCCc1ccc(N=Nc2cc3sc(N=Nc4ccc(N(CC)CCOC(=O)C=C)cc4)nc3s2)cc1. The summed E-state index contributed by atoms with van der Waals surface area (Å²) in [7, 11) is 0. The Bertz CT molecular complexity index is 1840. The first-order valence-corrected chi connectivity index (χ1v) is 17.5. The van der Waals surface area contributed by atoms with Crippen LogP contribution in [0.2, 0.25) is 0 Å². The maximum Gasteiger partial charge on any atom is 0.330 e. The number of hydrogen-bond donors (Lipinski definition) is 0. The second kappa shape index (κ2) is 20.2. The molecule has 0 amide bonds. The third-order valence-corrected chi connectivity index (χ3v) is 8.76. The van der Waals surface area contributed by atoms with E-state index in [0.717, 1.165) is 39.5 Å². The van der Waals surface area contributed by atoms with E-state index in [1.165, 1.54) is 22.7 Å². The molecule has 0 saturated heterocycles. The van der Waals surface area contributed by atoms with E-state index in [1.807, 2.05) is 61.5 Å². The highest BCUT2D eigenvalue weighted by Gasteiger charge is 2.11. The predicted molar refractivity (Wildman–Crippen MR) is 194 cm³/mol. The van der Waals surface area contributed by atoms with Crippen molar-refractivity contribution in [2.75, 3.05) is 44.4 Å². The Balaban J connectivity index is 1.18. The molecule has 4 rings (SSSR count). The molecule has 2 aromatic carbocycles. The second-order valence-corrected chi connectivity index (χ2v) is 12.4. The lowest BCUT2D eigenvalue weighted by Crippen LogP contribution is -2.27. The van der Waals surface area contributed by atoms with Gasteiger partial charge in [0.2, 0.25) is 5.13 Å². The largest absolute Gasteiger partial charge is 0.465 e. The fourth-order valence-electron chi connectivity index (χ4n) is 4.24. The van der Waals surface area contributed by atoms with Crippen molar-refractivity contribution in [3.63, 3.8) is 0 Å². The van der Waals surface area contributed by atoms with Crippen LogP contribution in [0, 0.1) is 0 Å². The summed E-state index contributed by atoms with van der Waals surface area (Å²) in [5.74, 6) is -2.14. The summed E-state index contributed by atoms with van der Waals surface area (Å²) in [6, 6.07) is 16.9. The lowest BCUT2D eigenvalue weighted by Gasteiger charge is -2.22.